The number of benzene rings is 2. The highest BCUT2D eigenvalue weighted by atomic mass is 35.5. The van der Waals surface area contributed by atoms with Gasteiger partial charge in [-0.2, -0.15) is 0 Å². The van der Waals surface area contributed by atoms with Crippen molar-refractivity contribution in [2.75, 3.05) is 18.2 Å². The molecule has 0 aliphatic carbocycles. The van der Waals surface area contributed by atoms with Gasteiger partial charge in [0.25, 0.3) is 5.91 Å². The molecule has 0 radical (unpaired) electrons. The van der Waals surface area contributed by atoms with Crippen LogP contribution in [0.2, 0.25) is 5.02 Å². The molecule has 4 nitrogen and oxygen atoms in total. The van der Waals surface area contributed by atoms with Crippen molar-refractivity contribution < 1.29 is 9.53 Å². The Morgan fingerprint density at radius 1 is 1.25 bits per heavy atom. The van der Waals surface area contributed by atoms with Crippen molar-refractivity contribution in [1.29, 1.82) is 0 Å². The molecule has 1 amide bonds. The molecule has 3 N–H and O–H groups in total. The van der Waals surface area contributed by atoms with Crippen LogP contribution < -0.4 is 15.8 Å². The zero-order valence-electron chi connectivity index (χ0n) is 11.2. The van der Waals surface area contributed by atoms with Gasteiger partial charge in [-0.3, -0.25) is 4.79 Å². The van der Waals surface area contributed by atoms with E-state index in [9.17, 15) is 4.79 Å². The van der Waals surface area contributed by atoms with Crippen LogP contribution in [-0.4, -0.2) is 13.0 Å². The number of carbonyl (C=O) groups is 1. The molecule has 0 saturated heterocycles. The molecule has 2 rings (SSSR count). The van der Waals surface area contributed by atoms with Gasteiger partial charge < -0.3 is 15.8 Å². The van der Waals surface area contributed by atoms with E-state index in [1.54, 1.807) is 36.4 Å². The standard InChI is InChI=1S/C15H15ClN2O2/c1-9-7-11(17)4-6-13(9)18-15(19)12-5-3-10(16)8-14(12)20-2/h3-8H,17H2,1-2H3,(H,18,19). The molecule has 0 spiro atoms. The molecule has 0 atom stereocenters. The number of nitrogens with one attached hydrogen (secondary N) is 1. The van der Waals surface area contributed by atoms with Crippen LogP contribution in [0.15, 0.2) is 36.4 Å². The third kappa shape index (κ3) is 3.03. The van der Waals surface area contributed by atoms with Crippen LogP contribution in [0.4, 0.5) is 11.4 Å². The fourth-order valence-corrected chi connectivity index (χ4v) is 2.03. The SMILES string of the molecule is COc1cc(Cl)ccc1C(=O)Nc1ccc(N)cc1C. The van der Waals surface area contributed by atoms with Crippen molar-refractivity contribution >= 4 is 28.9 Å². The van der Waals surface area contributed by atoms with E-state index in [4.69, 9.17) is 22.1 Å². The highest BCUT2D eigenvalue weighted by molar-refractivity contribution is 6.31. The van der Waals surface area contributed by atoms with Crippen LogP contribution in [-0.2, 0) is 0 Å². The number of aryl methyl sites for hydroxylation is 1. The first-order valence-electron chi connectivity index (χ1n) is 6.02. The van der Waals surface area contributed by atoms with Gasteiger partial charge >= 0.3 is 0 Å². The van der Waals surface area contributed by atoms with Gasteiger partial charge in [-0.05, 0) is 48.9 Å². The van der Waals surface area contributed by atoms with Crippen molar-refractivity contribution in [1.82, 2.24) is 0 Å². The number of rotatable bonds is 3. The molecular weight excluding hydrogens is 276 g/mol. The fraction of sp³-hybridized carbons (Fsp3) is 0.133. The number of nitrogens with two attached hydrogens (primary N) is 1. The van der Waals surface area contributed by atoms with Gasteiger partial charge in [-0.1, -0.05) is 11.6 Å². The number of hydrogen-bond acceptors (Lipinski definition) is 3. The van der Waals surface area contributed by atoms with Gasteiger partial charge in [0.2, 0.25) is 0 Å². The maximum Gasteiger partial charge on any atom is 0.259 e. The Kier molecular flexibility index (Phi) is 4.15. The second kappa shape index (κ2) is 5.84. The van der Waals surface area contributed by atoms with Crippen LogP contribution in [0.3, 0.4) is 0 Å². The highest BCUT2D eigenvalue weighted by Crippen LogP contribution is 2.25. The summed E-state index contributed by atoms with van der Waals surface area (Å²) < 4.78 is 5.17. The molecule has 2 aromatic rings. The summed E-state index contributed by atoms with van der Waals surface area (Å²) in [5, 5.41) is 3.35. The van der Waals surface area contributed by atoms with Crippen LogP contribution in [0.1, 0.15) is 15.9 Å². The number of anilines is 2. The van der Waals surface area contributed by atoms with E-state index in [1.807, 2.05) is 6.92 Å². The maximum absolute atomic E-state index is 12.3. The zero-order chi connectivity index (χ0) is 14.7. The molecule has 0 aromatic heterocycles. The lowest BCUT2D eigenvalue weighted by Crippen LogP contribution is -2.14. The third-order valence-electron chi connectivity index (χ3n) is 2.91. The number of hydrogen-bond donors (Lipinski definition) is 2. The van der Waals surface area contributed by atoms with Crippen molar-refractivity contribution in [3.63, 3.8) is 0 Å². The predicted molar refractivity (Wildman–Crippen MR) is 81.5 cm³/mol. The first-order valence-corrected chi connectivity index (χ1v) is 6.40. The summed E-state index contributed by atoms with van der Waals surface area (Å²) in [5.74, 6) is 0.175. The Bertz CT molecular complexity index is 656. The molecule has 5 heteroatoms. The molecule has 20 heavy (non-hydrogen) atoms. The van der Waals surface area contributed by atoms with Gasteiger partial charge in [-0.15, -0.1) is 0 Å². The summed E-state index contributed by atoms with van der Waals surface area (Å²) >= 11 is 5.88. The van der Waals surface area contributed by atoms with E-state index in [-0.39, 0.29) is 5.91 Å². The summed E-state index contributed by atoms with van der Waals surface area (Å²) in [5.41, 5.74) is 8.37. The lowest BCUT2D eigenvalue weighted by atomic mass is 10.1. The van der Waals surface area contributed by atoms with Crippen LogP contribution in [0.5, 0.6) is 5.75 Å². The molecule has 0 aliphatic rings. The Labute approximate surface area is 122 Å². The smallest absolute Gasteiger partial charge is 0.259 e. The number of carbonyl (C=O) groups excluding carboxylic acids is 1. The molecule has 0 aliphatic heterocycles. The Morgan fingerprint density at radius 3 is 2.65 bits per heavy atom. The molecule has 0 heterocycles. The summed E-state index contributed by atoms with van der Waals surface area (Å²) in [4.78, 5) is 12.3. The number of amides is 1. The fourth-order valence-electron chi connectivity index (χ4n) is 1.87. The molecule has 0 saturated carbocycles. The summed E-state index contributed by atoms with van der Waals surface area (Å²) in [6.45, 7) is 1.88. The van der Waals surface area contributed by atoms with E-state index in [0.29, 0.717) is 27.7 Å². The number of methoxy groups -OCH3 is 1. The Morgan fingerprint density at radius 2 is 2.00 bits per heavy atom. The average molecular weight is 291 g/mol. The molecule has 104 valence electrons. The number of nitrogen functional groups attached to an aromatic ring is 1. The quantitative estimate of drug-likeness (QED) is 0.851. The van der Waals surface area contributed by atoms with Crippen LogP contribution in [0, 0.1) is 6.92 Å². The highest BCUT2D eigenvalue weighted by Gasteiger charge is 2.13. The molecule has 0 unspecified atom stereocenters. The molecule has 0 bridgehead atoms. The minimum Gasteiger partial charge on any atom is -0.496 e. The molecule has 2 aromatic carbocycles. The second-order valence-corrected chi connectivity index (χ2v) is 4.81. The lowest BCUT2D eigenvalue weighted by molar-refractivity contribution is 0.102. The normalized spacial score (nSPS) is 10.2. The van der Waals surface area contributed by atoms with E-state index in [2.05, 4.69) is 5.32 Å². The lowest BCUT2D eigenvalue weighted by Gasteiger charge is -2.11. The second-order valence-electron chi connectivity index (χ2n) is 4.37. The predicted octanol–water partition coefficient (Wildman–Crippen LogP) is 3.49. The number of ether oxygens (including phenoxy) is 1. The van der Waals surface area contributed by atoms with E-state index >= 15 is 0 Å². The zero-order valence-corrected chi connectivity index (χ0v) is 12.0. The molecular formula is C15H15ClN2O2. The summed E-state index contributed by atoms with van der Waals surface area (Å²) in [6, 6.07) is 10.2. The maximum atomic E-state index is 12.3. The third-order valence-corrected chi connectivity index (χ3v) is 3.14. The minimum atomic E-state index is -0.258. The van der Waals surface area contributed by atoms with Crippen LogP contribution >= 0.6 is 11.6 Å². The van der Waals surface area contributed by atoms with E-state index < -0.39 is 0 Å². The van der Waals surface area contributed by atoms with Gasteiger partial charge in [0.05, 0.1) is 12.7 Å². The number of halogens is 1. The van der Waals surface area contributed by atoms with Crippen molar-refractivity contribution in [2.45, 2.75) is 6.92 Å². The topological polar surface area (TPSA) is 64.3 Å². The first-order chi connectivity index (χ1) is 9.51. The Balaban J connectivity index is 2.28. The van der Waals surface area contributed by atoms with Crippen LogP contribution in [0.25, 0.3) is 0 Å². The first kappa shape index (κ1) is 14.2. The van der Waals surface area contributed by atoms with Gasteiger partial charge in [-0.25, -0.2) is 0 Å². The van der Waals surface area contributed by atoms with E-state index in [0.717, 1.165) is 5.56 Å². The van der Waals surface area contributed by atoms with Gasteiger partial charge in [0.1, 0.15) is 5.75 Å². The van der Waals surface area contributed by atoms with Crippen molar-refractivity contribution in [3.8, 4) is 5.75 Å². The van der Waals surface area contributed by atoms with Crippen molar-refractivity contribution in [2.24, 2.45) is 0 Å². The minimum absolute atomic E-state index is 0.258. The Hall–Kier alpha value is -2.20. The van der Waals surface area contributed by atoms with Gasteiger partial charge in [0, 0.05) is 16.4 Å². The van der Waals surface area contributed by atoms with Gasteiger partial charge in [0.15, 0.2) is 0 Å². The largest absolute Gasteiger partial charge is 0.496 e. The monoisotopic (exact) mass is 290 g/mol. The average Bonchev–Trinajstić information content (AvgIpc) is 2.41. The summed E-state index contributed by atoms with van der Waals surface area (Å²) in [7, 11) is 1.50. The van der Waals surface area contributed by atoms with E-state index in [1.165, 1.54) is 7.11 Å². The molecule has 0 fully saturated rings. The van der Waals surface area contributed by atoms with Crippen molar-refractivity contribution in [3.05, 3.63) is 52.5 Å². The summed E-state index contributed by atoms with van der Waals surface area (Å²) in [6.07, 6.45) is 0.